The van der Waals surface area contributed by atoms with E-state index in [0.29, 0.717) is 5.02 Å². The van der Waals surface area contributed by atoms with Gasteiger partial charge in [-0.2, -0.15) is 0 Å². The highest BCUT2D eigenvalue weighted by Gasteiger charge is 1.98. The lowest BCUT2D eigenvalue weighted by molar-refractivity contribution is 0.475. The molecule has 0 atom stereocenters. The van der Waals surface area contributed by atoms with E-state index in [2.05, 4.69) is 12.2 Å². The molecule has 13 heavy (non-hydrogen) atoms. The molecule has 0 spiro atoms. The highest BCUT2D eigenvalue weighted by molar-refractivity contribution is 6.32. The summed E-state index contributed by atoms with van der Waals surface area (Å²) in [6.45, 7) is 3.92. The molecular formula is C10H14ClNO. The van der Waals surface area contributed by atoms with Crippen LogP contribution in [0.15, 0.2) is 18.2 Å². The van der Waals surface area contributed by atoms with Gasteiger partial charge in [-0.3, -0.25) is 0 Å². The Morgan fingerprint density at radius 2 is 2.23 bits per heavy atom. The Hall–Kier alpha value is -0.730. The first-order chi connectivity index (χ1) is 6.24. The summed E-state index contributed by atoms with van der Waals surface area (Å²) in [7, 11) is 0. The number of hydrogen-bond acceptors (Lipinski definition) is 2. The second-order valence-electron chi connectivity index (χ2n) is 2.96. The summed E-state index contributed by atoms with van der Waals surface area (Å²) < 4.78 is 0. The van der Waals surface area contributed by atoms with Crippen LogP contribution >= 0.6 is 11.6 Å². The topological polar surface area (TPSA) is 32.3 Å². The van der Waals surface area contributed by atoms with Crippen LogP contribution in [-0.2, 0) is 6.54 Å². The maximum atomic E-state index is 9.16. The zero-order valence-corrected chi connectivity index (χ0v) is 8.43. The number of halogens is 1. The van der Waals surface area contributed by atoms with Crippen molar-refractivity contribution in [3.63, 3.8) is 0 Å². The molecule has 0 radical (unpaired) electrons. The van der Waals surface area contributed by atoms with Crippen LogP contribution in [0.1, 0.15) is 18.9 Å². The second kappa shape index (κ2) is 5.10. The first-order valence-electron chi connectivity index (χ1n) is 4.42. The highest BCUT2D eigenvalue weighted by Crippen LogP contribution is 2.23. The molecule has 0 aliphatic rings. The van der Waals surface area contributed by atoms with Gasteiger partial charge in [0.1, 0.15) is 5.75 Å². The molecule has 0 fully saturated rings. The minimum absolute atomic E-state index is 0.140. The number of nitrogens with one attached hydrogen (secondary N) is 1. The van der Waals surface area contributed by atoms with Gasteiger partial charge in [-0.05, 0) is 30.7 Å². The van der Waals surface area contributed by atoms with Gasteiger partial charge in [0.25, 0.3) is 0 Å². The molecule has 0 saturated carbocycles. The van der Waals surface area contributed by atoms with Crippen molar-refractivity contribution in [1.29, 1.82) is 0 Å². The van der Waals surface area contributed by atoms with Crippen molar-refractivity contribution in [3.8, 4) is 5.75 Å². The van der Waals surface area contributed by atoms with Crippen molar-refractivity contribution in [1.82, 2.24) is 5.32 Å². The molecule has 1 rings (SSSR count). The minimum atomic E-state index is 0.140. The van der Waals surface area contributed by atoms with Crippen LogP contribution in [0, 0.1) is 0 Å². The number of benzene rings is 1. The minimum Gasteiger partial charge on any atom is -0.506 e. The summed E-state index contributed by atoms with van der Waals surface area (Å²) in [6, 6.07) is 5.26. The van der Waals surface area contributed by atoms with Crippen LogP contribution in [0.5, 0.6) is 5.75 Å². The van der Waals surface area contributed by atoms with E-state index in [1.165, 1.54) is 0 Å². The molecular weight excluding hydrogens is 186 g/mol. The molecule has 2 nitrogen and oxygen atoms in total. The number of phenolic OH excluding ortho intramolecular Hbond substituents is 1. The largest absolute Gasteiger partial charge is 0.506 e. The van der Waals surface area contributed by atoms with Crippen LogP contribution in [0.25, 0.3) is 0 Å². The molecule has 0 heterocycles. The standard InChI is InChI=1S/C10H14ClNO/c1-2-5-12-7-8-3-4-10(13)9(11)6-8/h3-4,6,12-13H,2,5,7H2,1H3. The lowest BCUT2D eigenvalue weighted by atomic mass is 10.2. The average Bonchev–Trinajstić information content (AvgIpc) is 2.12. The monoisotopic (exact) mass is 199 g/mol. The average molecular weight is 200 g/mol. The summed E-state index contributed by atoms with van der Waals surface area (Å²) in [4.78, 5) is 0. The third kappa shape index (κ3) is 3.25. The van der Waals surface area contributed by atoms with Crippen molar-refractivity contribution >= 4 is 11.6 Å². The Labute approximate surface area is 83.5 Å². The molecule has 3 heteroatoms. The van der Waals surface area contributed by atoms with Gasteiger partial charge in [-0.25, -0.2) is 0 Å². The van der Waals surface area contributed by atoms with E-state index in [1.807, 2.05) is 6.07 Å². The Morgan fingerprint density at radius 1 is 1.46 bits per heavy atom. The van der Waals surface area contributed by atoms with Gasteiger partial charge in [0.2, 0.25) is 0 Å². The van der Waals surface area contributed by atoms with Gasteiger partial charge in [0.15, 0.2) is 0 Å². The molecule has 0 aliphatic heterocycles. The first-order valence-corrected chi connectivity index (χ1v) is 4.80. The molecule has 0 aromatic heterocycles. The van der Waals surface area contributed by atoms with Gasteiger partial charge in [-0.15, -0.1) is 0 Å². The Kier molecular flexibility index (Phi) is 4.06. The normalized spacial score (nSPS) is 10.3. The Balaban J connectivity index is 2.53. The van der Waals surface area contributed by atoms with Gasteiger partial charge in [0, 0.05) is 6.54 Å². The summed E-state index contributed by atoms with van der Waals surface area (Å²) in [5.41, 5.74) is 1.09. The predicted octanol–water partition coefficient (Wildman–Crippen LogP) is 2.55. The van der Waals surface area contributed by atoms with Gasteiger partial charge < -0.3 is 10.4 Å². The van der Waals surface area contributed by atoms with E-state index in [-0.39, 0.29) is 5.75 Å². The van der Waals surface area contributed by atoms with Gasteiger partial charge >= 0.3 is 0 Å². The molecule has 1 aromatic carbocycles. The molecule has 0 aliphatic carbocycles. The highest BCUT2D eigenvalue weighted by atomic mass is 35.5. The maximum absolute atomic E-state index is 9.16. The third-order valence-electron chi connectivity index (χ3n) is 1.77. The van der Waals surface area contributed by atoms with E-state index in [9.17, 15) is 0 Å². The molecule has 72 valence electrons. The molecule has 0 saturated heterocycles. The van der Waals surface area contributed by atoms with E-state index in [4.69, 9.17) is 16.7 Å². The Bertz CT molecular complexity index is 276. The number of rotatable bonds is 4. The molecule has 0 amide bonds. The maximum Gasteiger partial charge on any atom is 0.134 e. The van der Waals surface area contributed by atoms with Gasteiger partial charge in [0.05, 0.1) is 5.02 Å². The summed E-state index contributed by atoms with van der Waals surface area (Å²) in [5.74, 6) is 0.140. The molecule has 2 N–H and O–H groups in total. The third-order valence-corrected chi connectivity index (χ3v) is 2.07. The number of phenols is 1. The van der Waals surface area contributed by atoms with E-state index in [0.717, 1.165) is 25.1 Å². The summed E-state index contributed by atoms with van der Waals surface area (Å²) >= 11 is 5.75. The predicted molar refractivity (Wildman–Crippen MR) is 55.1 cm³/mol. The summed E-state index contributed by atoms with van der Waals surface area (Å²) in [5, 5.41) is 12.8. The lowest BCUT2D eigenvalue weighted by Crippen LogP contribution is -2.13. The number of aromatic hydroxyl groups is 1. The Morgan fingerprint density at radius 3 is 2.85 bits per heavy atom. The van der Waals surface area contributed by atoms with Crippen molar-refractivity contribution in [2.75, 3.05) is 6.54 Å². The van der Waals surface area contributed by atoms with Crippen molar-refractivity contribution in [2.45, 2.75) is 19.9 Å². The van der Waals surface area contributed by atoms with Crippen LogP contribution in [-0.4, -0.2) is 11.7 Å². The van der Waals surface area contributed by atoms with E-state index < -0.39 is 0 Å². The van der Waals surface area contributed by atoms with Crippen LogP contribution < -0.4 is 5.32 Å². The molecule has 1 aromatic rings. The zero-order chi connectivity index (χ0) is 9.68. The SMILES string of the molecule is CCCNCc1ccc(O)c(Cl)c1. The van der Waals surface area contributed by atoms with Crippen molar-refractivity contribution < 1.29 is 5.11 Å². The van der Waals surface area contributed by atoms with E-state index in [1.54, 1.807) is 12.1 Å². The van der Waals surface area contributed by atoms with Crippen LogP contribution in [0.3, 0.4) is 0 Å². The fourth-order valence-electron chi connectivity index (χ4n) is 1.07. The lowest BCUT2D eigenvalue weighted by Gasteiger charge is -2.04. The molecule has 0 unspecified atom stereocenters. The van der Waals surface area contributed by atoms with Crippen LogP contribution in [0.2, 0.25) is 5.02 Å². The quantitative estimate of drug-likeness (QED) is 0.731. The molecule has 0 bridgehead atoms. The number of hydrogen-bond donors (Lipinski definition) is 2. The van der Waals surface area contributed by atoms with Crippen LogP contribution in [0.4, 0.5) is 0 Å². The second-order valence-corrected chi connectivity index (χ2v) is 3.37. The smallest absolute Gasteiger partial charge is 0.134 e. The summed E-state index contributed by atoms with van der Waals surface area (Å²) in [6.07, 6.45) is 1.12. The zero-order valence-electron chi connectivity index (χ0n) is 7.68. The van der Waals surface area contributed by atoms with Gasteiger partial charge in [-0.1, -0.05) is 24.6 Å². The van der Waals surface area contributed by atoms with E-state index >= 15 is 0 Å². The fraction of sp³-hybridized carbons (Fsp3) is 0.400. The van der Waals surface area contributed by atoms with Crippen molar-refractivity contribution in [3.05, 3.63) is 28.8 Å². The van der Waals surface area contributed by atoms with Crippen molar-refractivity contribution in [2.24, 2.45) is 0 Å². The fourth-order valence-corrected chi connectivity index (χ4v) is 1.27. The first kappa shape index (κ1) is 10.4.